The number of aromatic nitrogens is 3. The second-order valence-electron chi connectivity index (χ2n) is 6.40. The summed E-state index contributed by atoms with van der Waals surface area (Å²) in [6.07, 6.45) is 8.46. The molecule has 26 heavy (non-hydrogen) atoms. The summed E-state index contributed by atoms with van der Waals surface area (Å²) >= 11 is 0. The van der Waals surface area contributed by atoms with E-state index < -0.39 is 0 Å². The summed E-state index contributed by atoms with van der Waals surface area (Å²) in [7, 11) is 0. The van der Waals surface area contributed by atoms with E-state index in [1.165, 1.54) is 0 Å². The molecule has 6 heteroatoms. The lowest BCUT2D eigenvalue weighted by atomic mass is 10.1. The van der Waals surface area contributed by atoms with Gasteiger partial charge in [-0.3, -0.25) is 9.78 Å². The Labute approximate surface area is 151 Å². The molecule has 0 saturated carbocycles. The van der Waals surface area contributed by atoms with Crippen LogP contribution in [0.1, 0.15) is 47.1 Å². The Balaban J connectivity index is 1.38. The van der Waals surface area contributed by atoms with Crippen molar-refractivity contribution in [2.75, 3.05) is 6.61 Å². The molecule has 1 aromatic carbocycles. The fourth-order valence-electron chi connectivity index (χ4n) is 3.07. The van der Waals surface area contributed by atoms with Gasteiger partial charge < -0.3 is 10.1 Å². The fraction of sp³-hybridized carbons (Fsp3) is 0.300. The second-order valence-corrected chi connectivity index (χ2v) is 6.40. The number of nitrogens with one attached hydrogen (secondary N) is 1. The molecule has 4 rings (SSSR count). The Hall–Kier alpha value is -2.86. The molecule has 3 heterocycles. The molecule has 1 amide bonds. The minimum absolute atomic E-state index is 0.00130. The Morgan fingerprint density at radius 1 is 1.15 bits per heavy atom. The van der Waals surface area contributed by atoms with Crippen LogP contribution in [0.15, 0.2) is 48.9 Å². The number of fused-ring (bicyclic) bond motifs is 1. The lowest BCUT2D eigenvalue weighted by Crippen LogP contribution is -2.23. The van der Waals surface area contributed by atoms with Crippen molar-refractivity contribution in [1.82, 2.24) is 20.3 Å². The third-order valence-electron chi connectivity index (χ3n) is 4.51. The summed E-state index contributed by atoms with van der Waals surface area (Å²) in [6, 6.07) is 9.28. The van der Waals surface area contributed by atoms with Gasteiger partial charge in [0.2, 0.25) is 0 Å². The van der Waals surface area contributed by atoms with Gasteiger partial charge in [-0.05, 0) is 43.5 Å². The van der Waals surface area contributed by atoms with Gasteiger partial charge in [-0.15, -0.1) is 0 Å². The summed E-state index contributed by atoms with van der Waals surface area (Å²) < 4.78 is 5.70. The molecule has 0 bridgehead atoms. The second kappa shape index (κ2) is 7.58. The first kappa shape index (κ1) is 16.6. The molecule has 1 saturated heterocycles. The van der Waals surface area contributed by atoms with Crippen molar-refractivity contribution >= 4 is 16.8 Å². The van der Waals surface area contributed by atoms with E-state index in [2.05, 4.69) is 20.3 Å². The van der Waals surface area contributed by atoms with Crippen LogP contribution in [-0.2, 0) is 11.3 Å². The first-order valence-corrected chi connectivity index (χ1v) is 8.85. The van der Waals surface area contributed by atoms with Crippen molar-refractivity contribution in [3.63, 3.8) is 0 Å². The number of nitrogens with zero attached hydrogens (tertiary/aromatic N) is 3. The number of carbonyl (C=O) groups excluding carboxylic acids is 1. The van der Waals surface area contributed by atoms with Gasteiger partial charge in [0.25, 0.3) is 5.91 Å². The first-order chi connectivity index (χ1) is 12.8. The van der Waals surface area contributed by atoms with Gasteiger partial charge in [-0.2, -0.15) is 0 Å². The minimum Gasteiger partial charge on any atom is -0.370 e. The zero-order valence-corrected chi connectivity index (χ0v) is 14.4. The highest BCUT2D eigenvalue weighted by Crippen LogP contribution is 2.24. The molecule has 3 aromatic rings. The molecule has 1 aliphatic rings. The molecule has 6 nitrogen and oxygen atoms in total. The average Bonchev–Trinajstić information content (AvgIpc) is 2.72. The van der Waals surface area contributed by atoms with Crippen molar-refractivity contribution in [3.05, 3.63) is 65.9 Å². The van der Waals surface area contributed by atoms with Crippen molar-refractivity contribution < 1.29 is 9.53 Å². The van der Waals surface area contributed by atoms with E-state index in [9.17, 15) is 4.79 Å². The van der Waals surface area contributed by atoms with Crippen molar-refractivity contribution in [2.45, 2.75) is 31.9 Å². The van der Waals surface area contributed by atoms with E-state index in [-0.39, 0.29) is 12.0 Å². The Morgan fingerprint density at radius 3 is 2.85 bits per heavy atom. The molecular weight excluding hydrogens is 328 g/mol. The molecule has 0 unspecified atom stereocenters. The topological polar surface area (TPSA) is 77.0 Å². The van der Waals surface area contributed by atoms with E-state index in [1.54, 1.807) is 24.7 Å². The molecule has 1 aliphatic heterocycles. The maximum Gasteiger partial charge on any atom is 0.251 e. The van der Waals surface area contributed by atoms with E-state index >= 15 is 0 Å². The van der Waals surface area contributed by atoms with Crippen LogP contribution >= 0.6 is 0 Å². The zero-order valence-electron chi connectivity index (χ0n) is 14.4. The molecule has 0 spiro atoms. The number of hydrogen-bond donors (Lipinski definition) is 1. The van der Waals surface area contributed by atoms with Crippen molar-refractivity contribution in [1.29, 1.82) is 0 Å². The monoisotopic (exact) mass is 348 g/mol. The summed E-state index contributed by atoms with van der Waals surface area (Å²) in [5.41, 5.74) is 2.34. The van der Waals surface area contributed by atoms with Crippen LogP contribution in [0, 0.1) is 0 Å². The molecule has 132 valence electrons. The van der Waals surface area contributed by atoms with Crippen LogP contribution in [0.4, 0.5) is 0 Å². The number of amides is 1. The number of pyridine rings is 1. The zero-order chi connectivity index (χ0) is 17.8. The van der Waals surface area contributed by atoms with Crippen LogP contribution in [0.25, 0.3) is 10.9 Å². The molecular formula is C20H20N4O2. The number of hydrogen-bond acceptors (Lipinski definition) is 5. The van der Waals surface area contributed by atoms with Crippen LogP contribution in [0.2, 0.25) is 0 Å². The molecule has 0 aliphatic carbocycles. The van der Waals surface area contributed by atoms with Gasteiger partial charge in [0.15, 0.2) is 5.82 Å². The summed E-state index contributed by atoms with van der Waals surface area (Å²) in [5.74, 6) is 0.595. The van der Waals surface area contributed by atoms with Crippen molar-refractivity contribution in [2.24, 2.45) is 0 Å². The van der Waals surface area contributed by atoms with E-state index in [4.69, 9.17) is 4.74 Å². The highest BCUT2D eigenvalue weighted by Gasteiger charge is 2.18. The highest BCUT2D eigenvalue weighted by atomic mass is 16.5. The van der Waals surface area contributed by atoms with E-state index in [1.807, 2.05) is 24.3 Å². The predicted molar refractivity (Wildman–Crippen MR) is 97.5 cm³/mol. The third-order valence-corrected chi connectivity index (χ3v) is 4.51. The van der Waals surface area contributed by atoms with E-state index in [0.29, 0.717) is 12.1 Å². The minimum atomic E-state index is -0.129. The quantitative estimate of drug-likeness (QED) is 0.783. The van der Waals surface area contributed by atoms with Gasteiger partial charge in [0.1, 0.15) is 6.10 Å². The number of carbonyl (C=O) groups is 1. The standard InChI is InChI=1S/C20H20N4O2/c25-20(16-6-7-17-15(10-16)4-3-8-21-17)24-13-14-11-22-19(23-12-14)18-5-1-2-9-26-18/h3-4,6-8,10-12,18H,1-2,5,9,13H2,(H,24,25)/t18-/m1/s1. The maximum atomic E-state index is 12.4. The number of ether oxygens (including phenoxy) is 1. The largest absolute Gasteiger partial charge is 0.370 e. The molecule has 1 atom stereocenters. The van der Waals surface area contributed by atoms with Gasteiger partial charge in [0.05, 0.1) is 5.52 Å². The van der Waals surface area contributed by atoms with Crippen LogP contribution in [0.3, 0.4) is 0 Å². The first-order valence-electron chi connectivity index (χ1n) is 8.85. The average molecular weight is 348 g/mol. The van der Waals surface area contributed by atoms with Crippen LogP contribution in [0.5, 0.6) is 0 Å². The SMILES string of the molecule is O=C(NCc1cnc([C@H]2CCCCO2)nc1)c1ccc2ncccc2c1. The molecule has 1 fully saturated rings. The molecule has 0 radical (unpaired) electrons. The molecule has 1 N–H and O–H groups in total. The van der Waals surface area contributed by atoms with Gasteiger partial charge in [0, 0.05) is 48.3 Å². The van der Waals surface area contributed by atoms with Crippen molar-refractivity contribution in [3.8, 4) is 0 Å². The van der Waals surface area contributed by atoms with Gasteiger partial charge in [-0.25, -0.2) is 9.97 Å². The predicted octanol–water partition coefficient (Wildman–Crippen LogP) is 3.20. The van der Waals surface area contributed by atoms with Gasteiger partial charge in [-0.1, -0.05) is 6.07 Å². The Morgan fingerprint density at radius 2 is 2.04 bits per heavy atom. The van der Waals surface area contributed by atoms with E-state index in [0.717, 1.165) is 48.2 Å². The summed E-state index contributed by atoms with van der Waals surface area (Å²) in [5, 5.41) is 3.85. The fourth-order valence-corrected chi connectivity index (χ4v) is 3.07. The Kier molecular flexibility index (Phi) is 4.84. The number of benzene rings is 1. The highest BCUT2D eigenvalue weighted by molar-refractivity contribution is 5.97. The maximum absolute atomic E-state index is 12.4. The Bertz CT molecular complexity index is 905. The van der Waals surface area contributed by atoms with Crippen LogP contribution < -0.4 is 5.32 Å². The third kappa shape index (κ3) is 3.70. The smallest absolute Gasteiger partial charge is 0.251 e. The lowest BCUT2D eigenvalue weighted by Gasteiger charge is -2.21. The van der Waals surface area contributed by atoms with Gasteiger partial charge >= 0.3 is 0 Å². The number of rotatable bonds is 4. The summed E-state index contributed by atoms with van der Waals surface area (Å²) in [6.45, 7) is 1.16. The normalized spacial score (nSPS) is 17.2. The lowest BCUT2D eigenvalue weighted by molar-refractivity contribution is 0.00940. The summed E-state index contributed by atoms with van der Waals surface area (Å²) in [4.78, 5) is 25.4. The molecule has 2 aromatic heterocycles. The van der Waals surface area contributed by atoms with Crippen LogP contribution in [-0.4, -0.2) is 27.5 Å².